The van der Waals surface area contributed by atoms with Crippen LogP contribution in [0.4, 0.5) is 0 Å². The average molecular weight is 267 g/mol. The van der Waals surface area contributed by atoms with Crippen LogP contribution >= 0.6 is 12.2 Å². The number of carbonyl (C=O) groups excluding carboxylic acids is 2. The summed E-state index contributed by atoms with van der Waals surface area (Å²) < 4.78 is 0. The monoisotopic (exact) mass is 267 g/mol. The van der Waals surface area contributed by atoms with E-state index in [9.17, 15) is 9.59 Å². The smallest absolute Gasteiger partial charge is 0.235 e. The van der Waals surface area contributed by atoms with Gasteiger partial charge in [-0.1, -0.05) is 12.2 Å². The van der Waals surface area contributed by atoms with Crippen LogP contribution in [0.1, 0.15) is 25.7 Å². The summed E-state index contributed by atoms with van der Waals surface area (Å²) in [4.78, 5) is 26.4. The van der Waals surface area contributed by atoms with Crippen molar-refractivity contribution in [1.29, 1.82) is 0 Å². The molecule has 3 fully saturated rings. The van der Waals surface area contributed by atoms with Crippen LogP contribution in [-0.2, 0) is 9.59 Å². The van der Waals surface area contributed by atoms with Gasteiger partial charge in [-0.25, -0.2) is 0 Å². The van der Waals surface area contributed by atoms with Crippen molar-refractivity contribution >= 4 is 29.0 Å². The van der Waals surface area contributed by atoms with Crippen molar-refractivity contribution in [2.24, 2.45) is 17.1 Å². The van der Waals surface area contributed by atoms with Crippen LogP contribution < -0.4 is 11.1 Å². The first-order valence-electron chi connectivity index (χ1n) is 6.45. The van der Waals surface area contributed by atoms with Crippen LogP contribution in [0.25, 0.3) is 0 Å². The van der Waals surface area contributed by atoms with Crippen LogP contribution in [0, 0.1) is 11.3 Å². The summed E-state index contributed by atoms with van der Waals surface area (Å²) in [5, 5.41) is 2.85. The maximum Gasteiger partial charge on any atom is 0.235 e. The van der Waals surface area contributed by atoms with Crippen LogP contribution in [0.2, 0.25) is 0 Å². The lowest BCUT2D eigenvalue weighted by molar-refractivity contribution is -0.139. The molecule has 98 valence electrons. The molecule has 0 radical (unpaired) electrons. The molecule has 3 N–H and O–H groups in total. The number of fused-ring (bicyclic) bond motifs is 1. The summed E-state index contributed by atoms with van der Waals surface area (Å²) in [6, 6.07) is 0.00516. The van der Waals surface area contributed by atoms with Crippen LogP contribution in [0.15, 0.2) is 0 Å². The lowest BCUT2D eigenvalue weighted by Gasteiger charge is -2.38. The molecule has 2 saturated heterocycles. The van der Waals surface area contributed by atoms with E-state index in [4.69, 9.17) is 18.0 Å². The third kappa shape index (κ3) is 1.55. The number of piperidine rings is 1. The molecule has 6 heteroatoms. The minimum atomic E-state index is -0.594. The molecule has 2 aliphatic heterocycles. The summed E-state index contributed by atoms with van der Waals surface area (Å²) in [5.41, 5.74) is 5.11. The fourth-order valence-corrected chi connectivity index (χ4v) is 3.46. The van der Waals surface area contributed by atoms with Gasteiger partial charge in [-0.2, -0.15) is 0 Å². The van der Waals surface area contributed by atoms with Gasteiger partial charge in [0.25, 0.3) is 0 Å². The number of carbonyl (C=O) groups is 2. The Balaban J connectivity index is 1.82. The predicted octanol–water partition coefficient (Wildman–Crippen LogP) is -0.210. The number of hydrogen-bond donors (Lipinski definition) is 2. The Morgan fingerprint density at radius 1 is 1.50 bits per heavy atom. The maximum atomic E-state index is 12.6. The highest BCUT2D eigenvalue weighted by Crippen LogP contribution is 2.48. The molecule has 2 unspecified atom stereocenters. The molecule has 5 nitrogen and oxygen atoms in total. The van der Waals surface area contributed by atoms with E-state index in [1.807, 2.05) is 4.90 Å². The molecular formula is C12H17N3O2S. The lowest BCUT2D eigenvalue weighted by Crippen LogP contribution is -2.53. The van der Waals surface area contributed by atoms with Gasteiger partial charge in [0.1, 0.15) is 0 Å². The number of thiocarbonyl (C=S) groups is 1. The zero-order valence-electron chi connectivity index (χ0n) is 10.1. The normalized spacial score (nSPS) is 32.7. The van der Waals surface area contributed by atoms with E-state index in [0.717, 1.165) is 32.2 Å². The van der Waals surface area contributed by atoms with Gasteiger partial charge in [0.2, 0.25) is 11.8 Å². The van der Waals surface area contributed by atoms with Crippen molar-refractivity contribution in [2.45, 2.75) is 31.7 Å². The van der Waals surface area contributed by atoms with E-state index in [-0.39, 0.29) is 23.8 Å². The summed E-state index contributed by atoms with van der Waals surface area (Å²) in [6.07, 6.45) is 3.28. The molecule has 3 aliphatic rings. The standard InChI is InChI=1S/C12H17N3O2S/c13-10(18)12(3-4-12)11(17)15-5-1-2-7-8(15)6-14-9(7)16/h7-8H,1-6H2,(H2,13,18)(H,14,16). The van der Waals surface area contributed by atoms with Gasteiger partial charge in [-0.05, 0) is 25.7 Å². The number of nitrogens with zero attached hydrogens (tertiary/aromatic N) is 1. The highest BCUT2D eigenvalue weighted by Gasteiger charge is 2.57. The molecule has 0 aromatic rings. The van der Waals surface area contributed by atoms with Gasteiger partial charge in [-0.3, -0.25) is 9.59 Å². The molecule has 1 aliphatic carbocycles. The number of amides is 2. The van der Waals surface area contributed by atoms with Gasteiger partial charge in [0.15, 0.2) is 0 Å². The minimum Gasteiger partial charge on any atom is -0.392 e. The maximum absolute atomic E-state index is 12.6. The molecule has 2 atom stereocenters. The zero-order chi connectivity index (χ0) is 12.9. The largest absolute Gasteiger partial charge is 0.392 e. The molecular weight excluding hydrogens is 250 g/mol. The molecule has 18 heavy (non-hydrogen) atoms. The van der Waals surface area contributed by atoms with Crippen molar-refractivity contribution in [3.63, 3.8) is 0 Å². The second kappa shape index (κ2) is 3.91. The van der Waals surface area contributed by atoms with Crippen LogP contribution in [0.5, 0.6) is 0 Å². The Bertz CT molecular complexity index is 433. The Kier molecular flexibility index (Phi) is 2.59. The van der Waals surface area contributed by atoms with Crippen molar-refractivity contribution in [3.05, 3.63) is 0 Å². The number of nitrogens with one attached hydrogen (secondary N) is 1. The first-order chi connectivity index (χ1) is 8.56. The Labute approximate surface area is 111 Å². The molecule has 1 saturated carbocycles. The Hall–Kier alpha value is -1.17. The molecule has 2 heterocycles. The number of nitrogens with two attached hydrogens (primary N) is 1. The van der Waals surface area contributed by atoms with E-state index in [1.54, 1.807) is 0 Å². The topological polar surface area (TPSA) is 75.4 Å². The second-order valence-corrected chi connectivity index (χ2v) is 5.95. The summed E-state index contributed by atoms with van der Waals surface area (Å²) in [5.74, 6) is 0.0868. The SMILES string of the molecule is NC(=S)C1(C(=O)N2CCCC3C(=O)NCC32)CC1. The lowest BCUT2D eigenvalue weighted by atomic mass is 9.90. The van der Waals surface area contributed by atoms with Crippen molar-refractivity contribution in [2.75, 3.05) is 13.1 Å². The first kappa shape index (κ1) is 11.9. The Morgan fingerprint density at radius 3 is 2.83 bits per heavy atom. The molecule has 3 rings (SSSR count). The van der Waals surface area contributed by atoms with Gasteiger partial charge in [0.05, 0.1) is 22.4 Å². The van der Waals surface area contributed by atoms with E-state index >= 15 is 0 Å². The highest BCUT2D eigenvalue weighted by molar-refractivity contribution is 7.80. The quantitative estimate of drug-likeness (QED) is 0.679. The fourth-order valence-electron chi connectivity index (χ4n) is 3.17. The molecule has 0 aromatic heterocycles. The Morgan fingerprint density at radius 2 is 2.22 bits per heavy atom. The van der Waals surface area contributed by atoms with Gasteiger partial charge in [-0.15, -0.1) is 0 Å². The van der Waals surface area contributed by atoms with Crippen LogP contribution in [0.3, 0.4) is 0 Å². The van der Waals surface area contributed by atoms with Crippen LogP contribution in [-0.4, -0.2) is 40.8 Å². The average Bonchev–Trinajstić information content (AvgIpc) is 3.09. The molecule has 0 spiro atoms. The number of likely N-dealkylation sites (tertiary alicyclic amines) is 1. The van der Waals surface area contributed by atoms with Crippen molar-refractivity contribution in [1.82, 2.24) is 10.2 Å². The van der Waals surface area contributed by atoms with E-state index in [2.05, 4.69) is 5.32 Å². The van der Waals surface area contributed by atoms with Gasteiger partial charge >= 0.3 is 0 Å². The van der Waals surface area contributed by atoms with E-state index in [0.29, 0.717) is 11.5 Å². The molecule has 0 aromatic carbocycles. The highest BCUT2D eigenvalue weighted by atomic mass is 32.1. The third-order valence-corrected chi connectivity index (χ3v) is 4.88. The van der Waals surface area contributed by atoms with Crippen molar-refractivity contribution < 1.29 is 9.59 Å². The van der Waals surface area contributed by atoms with E-state index < -0.39 is 5.41 Å². The van der Waals surface area contributed by atoms with Gasteiger partial charge < -0.3 is 16.0 Å². The summed E-state index contributed by atoms with van der Waals surface area (Å²) in [6.45, 7) is 1.29. The summed E-state index contributed by atoms with van der Waals surface area (Å²) >= 11 is 5.03. The molecule has 0 bridgehead atoms. The van der Waals surface area contributed by atoms with Crippen molar-refractivity contribution in [3.8, 4) is 0 Å². The second-order valence-electron chi connectivity index (χ2n) is 5.51. The first-order valence-corrected chi connectivity index (χ1v) is 6.86. The predicted molar refractivity (Wildman–Crippen MR) is 69.7 cm³/mol. The van der Waals surface area contributed by atoms with Gasteiger partial charge in [0, 0.05) is 13.1 Å². The number of hydrogen-bond acceptors (Lipinski definition) is 3. The fraction of sp³-hybridized carbons (Fsp3) is 0.750. The van der Waals surface area contributed by atoms with E-state index in [1.165, 1.54) is 0 Å². The molecule has 2 amide bonds. The minimum absolute atomic E-state index is 0.00516. The zero-order valence-corrected chi connectivity index (χ0v) is 11.0. The number of rotatable bonds is 2. The third-order valence-electron chi connectivity index (χ3n) is 4.49. The summed E-state index contributed by atoms with van der Waals surface area (Å²) in [7, 11) is 0.